The van der Waals surface area contributed by atoms with Gasteiger partial charge in [-0.25, -0.2) is 4.98 Å². The molecular weight excluding hydrogens is 264 g/mol. The summed E-state index contributed by atoms with van der Waals surface area (Å²) in [6, 6.07) is 11.3. The lowest BCUT2D eigenvalue weighted by Gasteiger charge is -2.17. The van der Waals surface area contributed by atoms with Crippen LogP contribution in [0.5, 0.6) is 0 Å². The summed E-state index contributed by atoms with van der Waals surface area (Å²) in [4.78, 5) is 25.6. The number of carbonyl (C=O) groups is 1. The Kier molecular flexibility index (Phi) is 3.64. The zero-order valence-corrected chi connectivity index (χ0v) is 11.8. The number of hydrogen-bond acceptors (Lipinski definition) is 3. The Bertz CT molecular complexity index is 751. The van der Waals surface area contributed by atoms with Crippen molar-refractivity contribution in [3.8, 4) is 0 Å². The Morgan fingerprint density at radius 3 is 2.95 bits per heavy atom. The quantitative estimate of drug-likeness (QED) is 0.797. The Balaban J connectivity index is 1.69. The Morgan fingerprint density at radius 2 is 2.14 bits per heavy atom. The number of aromatic amines is 1. The molecule has 106 valence electrons. The van der Waals surface area contributed by atoms with Gasteiger partial charge in [0, 0.05) is 37.5 Å². The van der Waals surface area contributed by atoms with Crippen LogP contribution in [-0.2, 0) is 6.42 Å². The van der Waals surface area contributed by atoms with Crippen LogP contribution in [0.2, 0.25) is 0 Å². The number of amides is 1. The van der Waals surface area contributed by atoms with Crippen molar-refractivity contribution in [3.05, 3.63) is 60.2 Å². The number of rotatable bonds is 4. The van der Waals surface area contributed by atoms with Crippen LogP contribution in [0, 0.1) is 0 Å². The van der Waals surface area contributed by atoms with E-state index in [4.69, 9.17) is 0 Å². The number of hydrogen-bond donors (Lipinski definition) is 1. The van der Waals surface area contributed by atoms with Crippen molar-refractivity contribution >= 4 is 16.9 Å². The normalized spacial score (nSPS) is 10.7. The average Bonchev–Trinajstić information content (AvgIpc) is 3.00. The van der Waals surface area contributed by atoms with E-state index >= 15 is 0 Å². The molecule has 5 heteroatoms. The van der Waals surface area contributed by atoms with E-state index in [1.54, 1.807) is 17.4 Å². The fraction of sp³-hybridized carbons (Fsp3) is 0.188. The molecule has 0 atom stereocenters. The van der Waals surface area contributed by atoms with E-state index in [1.165, 1.54) is 0 Å². The first-order valence-corrected chi connectivity index (χ1v) is 6.82. The molecule has 1 N–H and O–H groups in total. The fourth-order valence-corrected chi connectivity index (χ4v) is 2.22. The maximum Gasteiger partial charge on any atom is 0.253 e. The Labute approximate surface area is 122 Å². The molecule has 1 aromatic carbocycles. The summed E-state index contributed by atoms with van der Waals surface area (Å²) in [6.45, 7) is 0.636. The molecule has 3 rings (SSSR count). The molecule has 0 saturated carbocycles. The minimum atomic E-state index is 0.00225. The lowest BCUT2D eigenvalue weighted by Crippen LogP contribution is -2.29. The Hall–Kier alpha value is -2.69. The molecule has 1 amide bonds. The zero-order chi connectivity index (χ0) is 14.7. The molecule has 0 unspecified atom stereocenters. The third kappa shape index (κ3) is 2.91. The number of nitrogens with one attached hydrogen (secondary N) is 1. The molecule has 5 nitrogen and oxygen atoms in total. The van der Waals surface area contributed by atoms with Crippen LogP contribution in [0.3, 0.4) is 0 Å². The van der Waals surface area contributed by atoms with E-state index in [1.807, 2.05) is 43.4 Å². The molecule has 0 saturated heterocycles. The van der Waals surface area contributed by atoms with Crippen LogP contribution in [0.25, 0.3) is 11.0 Å². The van der Waals surface area contributed by atoms with Gasteiger partial charge in [-0.1, -0.05) is 6.07 Å². The minimum absolute atomic E-state index is 0.00225. The van der Waals surface area contributed by atoms with Gasteiger partial charge in [0.2, 0.25) is 0 Å². The van der Waals surface area contributed by atoms with Gasteiger partial charge in [0.1, 0.15) is 0 Å². The molecule has 0 aliphatic carbocycles. The van der Waals surface area contributed by atoms with Gasteiger partial charge < -0.3 is 9.88 Å². The third-order valence-electron chi connectivity index (χ3n) is 3.44. The van der Waals surface area contributed by atoms with Gasteiger partial charge in [0.15, 0.2) is 0 Å². The first-order valence-electron chi connectivity index (χ1n) is 6.82. The number of nitrogens with zero attached hydrogens (tertiary/aromatic N) is 3. The second-order valence-electron chi connectivity index (χ2n) is 4.93. The highest BCUT2D eigenvalue weighted by Crippen LogP contribution is 2.13. The van der Waals surface area contributed by atoms with Gasteiger partial charge in [-0.15, -0.1) is 0 Å². The maximum absolute atomic E-state index is 12.4. The van der Waals surface area contributed by atoms with Crippen molar-refractivity contribution in [2.45, 2.75) is 6.42 Å². The number of aromatic nitrogens is 3. The highest BCUT2D eigenvalue weighted by molar-refractivity contribution is 5.97. The number of H-pyrrole nitrogens is 1. The molecule has 2 aromatic heterocycles. The van der Waals surface area contributed by atoms with Gasteiger partial charge in [-0.3, -0.25) is 9.78 Å². The van der Waals surface area contributed by atoms with Gasteiger partial charge in [0.05, 0.1) is 17.4 Å². The molecule has 0 bridgehead atoms. The standard InChI is InChI=1S/C16H16N4O/c1-20(9-7-13-4-2-3-8-17-13)16(21)12-5-6-14-15(10-12)19-11-18-14/h2-6,8,10-11H,7,9H2,1H3,(H,18,19). The number of carbonyl (C=O) groups excluding carboxylic acids is 1. The topological polar surface area (TPSA) is 61.9 Å². The van der Waals surface area contributed by atoms with Crippen LogP contribution in [0.4, 0.5) is 0 Å². The molecule has 0 aliphatic heterocycles. The van der Waals surface area contributed by atoms with Gasteiger partial charge in [-0.2, -0.15) is 0 Å². The van der Waals surface area contributed by atoms with Crippen molar-refractivity contribution in [1.82, 2.24) is 19.9 Å². The van der Waals surface area contributed by atoms with E-state index in [2.05, 4.69) is 15.0 Å². The fourth-order valence-electron chi connectivity index (χ4n) is 2.22. The predicted molar refractivity (Wildman–Crippen MR) is 81.0 cm³/mol. The summed E-state index contributed by atoms with van der Waals surface area (Å²) >= 11 is 0. The van der Waals surface area contributed by atoms with Crippen LogP contribution in [-0.4, -0.2) is 39.4 Å². The van der Waals surface area contributed by atoms with Crippen LogP contribution < -0.4 is 0 Å². The maximum atomic E-state index is 12.4. The van der Waals surface area contributed by atoms with Crippen LogP contribution in [0.1, 0.15) is 16.1 Å². The molecule has 21 heavy (non-hydrogen) atoms. The van der Waals surface area contributed by atoms with Gasteiger partial charge in [-0.05, 0) is 30.3 Å². The van der Waals surface area contributed by atoms with Crippen molar-refractivity contribution < 1.29 is 4.79 Å². The summed E-state index contributed by atoms with van der Waals surface area (Å²) in [6.07, 6.45) is 4.14. The van der Waals surface area contributed by atoms with E-state index < -0.39 is 0 Å². The smallest absolute Gasteiger partial charge is 0.253 e. The van der Waals surface area contributed by atoms with Crippen molar-refractivity contribution in [2.75, 3.05) is 13.6 Å². The Morgan fingerprint density at radius 1 is 1.24 bits per heavy atom. The molecule has 2 heterocycles. The summed E-state index contributed by atoms with van der Waals surface area (Å²) in [5.74, 6) is 0.00225. The van der Waals surface area contributed by atoms with Gasteiger partial charge in [0.25, 0.3) is 5.91 Å². The summed E-state index contributed by atoms with van der Waals surface area (Å²) < 4.78 is 0. The van der Waals surface area contributed by atoms with Gasteiger partial charge >= 0.3 is 0 Å². The largest absolute Gasteiger partial charge is 0.345 e. The number of benzene rings is 1. The zero-order valence-electron chi connectivity index (χ0n) is 11.8. The molecule has 0 radical (unpaired) electrons. The first kappa shape index (κ1) is 13.3. The lowest BCUT2D eigenvalue weighted by atomic mass is 10.1. The monoisotopic (exact) mass is 280 g/mol. The first-order chi connectivity index (χ1) is 10.2. The predicted octanol–water partition coefficient (Wildman–Crippen LogP) is 2.27. The summed E-state index contributed by atoms with van der Waals surface area (Å²) in [7, 11) is 1.81. The number of pyridine rings is 1. The van der Waals surface area contributed by atoms with Crippen LogP contribution >= 0.6 is 0 Å². The summed E-state index contributed by atoms with van der Waals surface area (Å²) in [5, 5.41) is 0. The number of likely N-dealkylation sites (N-methyl/N-ethyl adjacent to an activating group) is 1. The third-order valence-corrected chi connectivity index (χ3v) is 3.44. The lowest BCUT2D eigenvalue weighted by molar-refractivity contribution is 0.0796. The van der Waals surface area contributed by atoms with E-state index in [9.17, 15) is 4.79 Å². The second kappa shape index (κ2) is 5.75. The van der Waals surface area contributed by atoms with E-state index in [0.29, 0.717) is 12.1 Å². The highest BCUT2D eigenvalue weighted by atomic mass is 16.2. The highest BCUT2D eigenvalue weighted by Gasteiger charge is 2.12. The summed E-state index contributed by atoms with van der Waals surface area (Å²) in [5.41, 5.74) is 3.39. The molecule has 3 aromatic rings. The number of fused-ring (bicyclic) bond motifs is 1. The van der Waals surface area contributed by atoms with Crippen LogP contribution in [0.15, 0.2) is 48.9 Å². The van der Waals surface area contributed by atoms with Crippen molar-refractivity contribution in [3.63, 3.8) is 0 Å². The SMILES string of the molecule is CN(CCc1ccccn1)C(=O)c1ccc2nc[nH]c2c1. The molecule has 0 spiro atoms. The van der Waals surface area contributed by atoms with E-state index in [0.717, 1.165) is 23.1 Å². The number of imidazole rings is 1. The molecule has 0 fully saturated rings. The molecular formula is C16H16N4O. The molecule has 0 aliphatic rings. The average molecular weight is 280 g/mol. The van der Waals surface area contributed by atoms with E-state index in [-0.39, 0.29) is 5.91 Å². The van der Waals surface area contributed by atoms with Crippen molar-refractivity contribution in [1.29, 1.82) is 0 Å². The van der Waals surface area contributed by atoms with Crippen molar-refractivity contribution in [2.24, 2.45) is 0 Å². The minimum Gasteiger partial charge on any atom is -0.345 e. The second-order valence-corrected chi connectivity index (χ2v) is 4.93.